The molecular formula is C18H17NO2S. The minimum absolute atomic E-state index is 0.332. The van der Waals surface area contributed by atoms with Gasteiger partial charge in [0.25, 0.3) is 0 Å². The van der Waals surface area contributed by atoms with Crippen molar-refractivity contribution in [2.45, 2.75) is 16.7 Å². The Morgan fingerprint density at radius 2 is 1.64 bits per heavy atom. The first-order valence-electron chi connectivity index (χ1n) is 7.13. The number of esters is 1. The minimum atomic E-state index is -0.340. The average molecular weight is 311 g/mol. The quantitative estimate of drug-likeness (QED) is 0.618. The van der Waals surface area contributed by atoms with Crippen molar-refractivity contribution in [3.05, 3.63) is 60.7 Å². The Kier molecular flexibility index (Phi) is 4.20. The molecule has 0 atom stereocenters. The highest BCUT2D eigenvalue weighted by Gasteiger charge is 2.22. The topological polar surface area (TPSA) is 29.5 Å². The number of fused-ring (bicyclic) bond motifs is 2. The summed E-state index contributed by atoms with van der Waals surface area (Å²) in [5, 5.41) is 0. The molecule has 0 unspecified atom stereocenters. The van der Waals surface area contributed by atoms with Gasteiger partial charge in [0.2, 0.25) is 0 Å². The van der Waals surface area contributed by atoms with Crippen molar-refractivity contribution < 1.29 is 9.53 Å². The Morgan fingerprint density at radius 1 is 1.09 bits per heavy atom. The lowest BCUT2D eigenvalue weighted by atomic mass is 10.2. The van der Waals surface area contributed by atoms with Crippen LogP contribution in [-0.4, -0.2) is 19.1 Å². The Labute approximate surface area is 134 Å². The number of para-hydroxylation sites is 2. The SMILES string of the molecule is C=C(C)C(=O)OCCN1c2ccccc2Sc2ccccc21. The molecule has 1 heterocycles. The standard InChI is InChI=1S/C18H17NO2S/c1-13(2)18(20)21-12-11-19-14-7-3-5-9-16(14)22-17-10-6-4-8-15(17)19/h3-10H,1,11-12H2,2H3. The van der Waals surface area contributed by atoms with E-state index in [1.807, 2.05) is 24.3 Å². The molecule has 0 fully saturated rings. The second kappa shape index (κ2) is 6.28. The lowest BCUT2D eigenvalue weighted by molar-refractivity contribution is -0.138. The summed E-state index contributed by atoms with van der Waals surface area (Å²) in [6.07, 6.45) is 0. The number of nitrogens with zero attached hydrogens (tertiary/aromatic N) is 1. The number of benzene rings is 2. The van der Waals surface area contributed by atoms with Gasteiger partial charge in [-0.25, -0.2) is 4.79 Å². The fourth-order valence-electron chi connectivity index (χ4n) is 2.37. The first-order chi connectivity index (χ1) is 10.7. The molecule has 3 rings (SSSR count). The van der Waals surface area contributed by atoms with Crippen LogP contribution in [0.15, 0.2) is 70.5 Å². The maximum atomic E-state index is 11.5. The summed E-state index contributed by atoms with van der Waals surface area (Å²) in [7, 11) is 0. The van der Waals surface area contributed by atoms with Crippen LogP contribution in [0.5, 0.6) is 0 Å². The van der Waals surface area contributed by atoms with Crippen molar-refractivity contribution in [1.29, 1.82) is 0 Å². The van der Waals surface area contributed by atoms with E-state index < -0.39 is 0 Å². The summed E-state index contributed by atoms with van der Waals surface area (Å²) >= 11 is 1.77. The molecule has 2 aromatic carbocycles. The molecule has 0 saturated carbocycles. The van der Waals surface area contributed by atoms with E-state index >= 15 is 0 Å². The summed E-state index contributed by atoms with van der Waals surface area (Å²) in [6.45, 7) is 6.21. The number of rotatable bonds is 4. The molecule has 0 spiro atoms. The first-order valence-corrected chi connectivity index (χ1v) is 7.94. The van der Waals surface area contributed by atoms with Crippen LogP contribution in [0.2, 0.25) is 0 Å². The third-order valence-electron chi connectivity index (χ3n) is 3.43. The lowest BCUT2D eigenvalue weighted by Gasteiger charge is -2.32. The maximum absolute atomic E-state index is 11.5. The third kappa shape index (κ3) is 2.88. The molecule has 0 aliphatic carbocycles. The van der Waals surface area contributed by atoms with E-state index in [9.17, 15) is 4.79 Å². The molecule has 22 heavy (non-hydrogen) atoms. The van der Waals surface area contributed by atoms with Gasteiger partial charge in [-0.15, -0.1) is 0 Å². The molecule has 0 aromatic heterocycles. The zero-order valence-corrected chi connectivity index (χ0v) is 13.2. The van der Waals surface area contributed by atoms with E-state index in [1.165, 1.54) is 9.79 Å². The largest absolute Gasteiger partial charge is 0.460 e. The normalized spacial score (nSPS) is 12.3. The second-order valence-corrected chi connectivity index (χ2v) is 6.19. The van der Waals surface area contributed by atoms with E-state index in [2.05, 4.69) is 35.7 Å². The van der Waals surface area contributed by atoms with Crippen LogP contribution in [0.4, 0.5) is 11.4 Å². The molecule has 0 radical (unpaired) electrons. The van der Waals surface area contributed by atoms with Gasteiger partial charge in [-0.05, 0) is 31.2 Å². The zero-order chi connectivity index (χ0) is 15.5. The molecule has 112 valence electrons. The van der Waals surface area contributed by atoms with Crippen LogP contribution < -0.4 is 4.90 Å². The van der Waals surface area contributed by atoms with Gasteiger partial charge in [-0.3, -0.25) is 0 Å². The summed E-state index contributed by atoms with van der Waals surface area (Å²) in [4.78, 5) is 16.2. The average Bonchev–Trinajstić information content (AvgIpc) is 2.53. The van der Waals surface area contributed by atoms with Crippen molar-refractivity contribution >= 4 is 29.1 Å². The maximum Gasteiger partial charge on any atom is 0.333 e. The van der Waals surface area contributed by atoms with Gasteiger partial charge in [0.1, 0.15) is 6.61 Å². The number of carbonyl (C=O) groups excluding carboxylic acids is 1. The van der Waals surface area contributed by atoms with Gasteiger partial charge >= 0.3 is 5.97 Å². The van der Waals surface area contributed by atoms with E-state index in [4.69, 9.17) is 4.74 Å². The molecule has 2 aromatic rings. The Hall–Kier alpha value is -2.20. The summed E-state index contributed by atoms with van der Waals surface area (Å²) < 4.78 is 5.25. The number of anilines is 2. The number of hydrogen-bond donors (Lipinski definition) is 0. The van der Waals surface area contributed by atoms with Crippen molar-refractivity contribution in [2.75, 3.05) is 18.1 Å². The number of ether oxygens (including phenoxy) is 1. The molecule has 0 saturated heterocycles. The van der Waals surface area contributed by atoms with Crippen LogP contribution in [0, 0.1) is 0 Å². The molecule has 0 bridgehead atoms. The van der Waals surface area contributed by atoms with Crippen LogP contribution in [0.1, 0.15) is 6.92 Å². The first kappa shape index (κ1) is 14.7. The second-order valence-electron chi connectivity index (χ2n) is 5.11. The Bertz CT molecular complexity index is 681. The van der Waals surface area contributed by atoms with Crippen molar-refractivity contribution in [3.8, 4) is 0 Å². The van der Waals surface area contributed by atoms with E-state index in [1.54, 1.807) is 18.7 Å². The summed E-state index contributed by atoms with van der Waals surface area (Å²) in [5.41, 5.74) is 2.73. The van der Waals surface area contributed by atoms with Gasteiger partial charge in [0.05, 0.1) is 17.9 Å². The minimum Gasteiger partial charge on any atom is -0.460 e. The van der Waals surface area contributed by atoms with Gasteiger partial charge in [-0.2, -0.15) is 0 Å². The van der Waals surface area contributed by atoms with Crippen molar-refractivity contribution in [3.63, 3.8) is 0 Å². The molecular weight excluding hydrogens is 294 g/mol. The summed E-state index contributed by atoms with van der Waals surface area (Å²) in [5.74, 6) is -0.340. The predicted octanol–water partition coefficient (Wildman–Crippen LogP) is 4.41. The monoisotopic (exact) mass is 311 g/mol. The van der Waals surface area contributed by atoms with Crippen molar-refractivity contribution in [1.82, 2.24) is 0 Å². The van der Waals surface area contributed by atoms with Crippen LogP contribution in [0.3, 0.4) is 0 Å². The fraction of sp³-hybridized carbons (Fsp3) is 0.167. The fourth-order valence-corrected chi connectivity index (χ4v) is 3.47. The van der Waals surface area contributed by atoms with Gasteiger partial charge in [0.15, 0.2) is 0 Å². The third-order valence-corrected chi connectivity index (χ3v) is 4.56. The van der Waals surface area contributed by atoms with Gasteiger partial charge in [0, 0.05) is 15.4 Å². The molecule has 4 heteroatoms. The predicted molar refractivity (Wildman–Crippen MR) is 89.8 cm³/mol. The van der Waals surface area contributed by atoms with Crippen LogP contribution >= 0.6 is 11.8 Å². The molecule has 1 aliphatic rings. The Morgan fingerprint density at radius 3 is 2.18 bits per heavy atom. The number of carbonyl (C=O) groups is 1. The highest BCUT2D eigenvalue weighted by Crippen LogP contribution is 2.47. The summed E-state index contributed by atoms with van der Waals surface area (Å²) in [6, 6.07) is 16.6. The van der Waals surface area contributed by atoms with Crippen molar-refractivity contribution in [2.24, 2.45) is 0 Å². The van der Waals surface area contributed by atoms with E-state index in [0.29, 0.717) is 18.7 Å². The lowest BCUT2D eigenvalue weighted by Crippen LogP contribution is -2.26. The van der Waals surface area contributed by atoms with E-state index in [-0.39, 0.29) is 5.97 Å². The zero-order valence-electron chi connectivity index (χ0n) is 12.4. The van der Waals surface area contributed by atoms with Gasteiger partial charge in [-0.1, -0.05) is 42.6 Å². The van der Waals surface area contributed by atoms with E-state index in [0.717, 1.165) is 11.4 Å². The molecule has 0 amide bonds. The van der Waals surface area contributed by atoms with Crippen LogP contribution in [0.25, 0.3) is 0 Å². The Balaban J connectivity index is 1.84. The van der Waals surface area contributed by atoms with Crippen LogP contribution in [-0.2, 0) is 9.53 Å². The highest BCUT2D eigenvalue weighted by atomic mass is 32.2. The number of hydrogen-bond acceptors (Lipinski definition) is 4. The molecule has 0 N–H and O–H groups in total. The van der Waals surface area contributed by atoms with Gasteiger partial charge < -0.3 is 9.64 Å². The highest BCUT2D eigenvalue weighted by molar-refractivity contribution is 7.99. The smallest absolute Gasteiger partial charge is 0.333 e. The molecule has 1 aliphatic heterocycles. The molecule has 3 nitrogen and oxygen atoms in total.